The lowest BCUT2D eigenvalue weighted by Gasteiger charge is -2.20. The van der Waals surface area contributed by atoms with E-state index >= 15 is 0 Å². The zero-order valence-corrected chi connectivity index (χ0v) is 64.8. The minimum atomic E-state index is -3.87. The first kappa shape index (κ1) is 75.2. The molecule has 4 aromatic carbocycles. The number of nitrogens with zero attached hydrogens (tertiary/aromatic N) is 1. The van der Waals surface area contributed by atoms with E-state index in [0.29, 0.717) is 105 Å². The van der Waals surface area contributed by atoms with Crippen molar-refractivity contribution in [3.8, 4) is 0 Å². The van der Waals surface area contributed by atoms with Crippen LogP contribution in [-0.4, -0.2) is 176 Å². The second-order valence-electron chi connectivity index (χ2n) is 26.3. The van der Waals surface area contributed by atoms with Crippen molar-refractivity contribution >= 4 is 97.1 Å². The van der Waals surface area contributed by atoms with E-state index in [9.17, 15) is 33.7 Å². The summed E-state index contributed by atoms with van der Waals surface area (Å²) in [6.07, 6.45) is 17.9. The van der Waals surface area contributed by atoms with Crippen molar-refractivity contribution in [2.75, 3.05) is 127 Å². The van der Waals surface area contributed by atoms with Gasteiger partial charge >= 0.3 is 0 Å². The quantitative estimate of drug-likeness (QED) is 0.0198. The SMILES string of the molecule is CC[P+](C)(CC)CCNS(=O)(=O)c1ccc(/C2=C3\C=CC(=N3)/C(c3ccc(S(=O)(=O)NCC[P+](C)(CC)CC)cc3)=c3/cc/c([nH]3)=C(\c3ccc(S(=O)(=O)NCC[P+](C)(CC)CC)cc3)c3ccc([nH]3)/C(c3ccc(S(=O)(=O)NCC[P+](C)(CC)CC)cc3)=C3/CC=C2N3)cc1. The summed E-state index contributed by atoms with van der Waals surface area (Å²) >= 11 is 0. The normalized spacial score (nSPS) is 17.8. The number of sulfonamides is 4. The zero-order valence-electron chi connectivity index (χ0n) is 57.9. The zero-order chi connectivity index (χ0) is 69.5. The van der Waals surface area contributed by atoms with Gasteiger partial charge in [-0.25, -0.2) is 57.6 Å². The maximum atomic E-state index is 14.0. The molecule has 0 fully saturated rings. The summed E-state index contributed by atoms with van der Waals surface area (Å²) in [6, 6.07) is 35.4. The van der Waals surface area contributed by atoms with E-state index in [-0.39, 0.29) is 19.6 Å². The standard InChI is InChI=1S/C72H100N8O8P4S4/c1-13-89(9,14-2)49-45-73-93(81,82)57-29-21-53(22-30-57)69-61-37-39-63(77-61)70(54-23-31-58(32-24-54)94(83,84)74-46-50-90(10,15-3)16-4)65-41-43-67(79-65)72(56-27-35-60(36-28-56)96(87,88)76-48-52-92(12,19-7)20-8)68-44-42-66(80-68)71(64-40-38-62(69)78-64)55-25-33-59(34-26-55)95(85,86)75-47-51-91(11,17-5)18-6/h21-43,73-77,79-80H,13-20,44-52H2,1-12H3/q+4/b69-61-,70-63-,71-64-,72-68-. The van der Waals surface area contributed by atoms with Crippen LogP contribution in [0.25, 0.3) is 22.3 Å². The van der Waals surface area contributed by atoms with Crippen LogP contribution in [0.4, 0.5) is 0 Å². The average Bonchev–Trinajstić information content (AvgIpc) is 1.60. The lowest BCUT2D eigenvalue weighted by Crippen LogP contribution is -2.28. The van der Waals surface area contributed by atoms with E-state index in [1.165, 1.54) is 0 Å². The largest absolute Gasteiger partial charge is 0.358 e. The van der Waals surface area contributed by atoms with E-state index in [4.69, 9.17) is 4.99 Å². The smallest absolute Gasteiger partial charge is 0.240 e. The van der Waals surface area contributed by atoms with Gasteiger partial charge in [-0.1, -0.05) is 54.6 Å². The Morgan fingerprint density at radius 2 is 0.688 bits per heavy atom. The molecular weight excluding hydrogens is 1360 g/mol. The fourth-order valence-electron chi connectivity index (χ4n) is 12.1. The first-order chi connectivity index (χ1) is 45.5. The molecule has 8 bridgehead atoms. The van der Waals surface area contributed by atoms with E-state index in [1.54, 1.807) is 60.7 Å². The summed E-state index contributed by atoms with van der Waals surface area (Å²) in [6.45, 7) is 28.0. The number of allylic oxidation sites excluding steroid dienone is 4. The Morgan fingerprint density at radius 3 is 1.04 bits per heavy atom. The number of H-pyrrole nitrogens is 2. The molecule has 6 aromatic rings. The Labute approximate surface area is 575 Å². The van der Waals surface area contributed by atoms with Crippen LogP contribution in [0.15, 0.2) is 181 Å². The maximum absolute atomic E-state index is 14.0. The van der Waals surface area contributed by atoms with Crippen molar-refractivity contribution in [2.24, 2.45) is 4.99 Å². The number of aliphatic imine (C=N–C) groups is 1. The van der Waals surface area contributed by atoms with E-state index in [1.807, 2.05) is 72.8 Å². The van der Waals surface area contributed by atoms with Gasteiger partial charge in [0.05, 0.1) is 105 Å². The van der Waals surface area contributed by atoms with Crippen molar-refractivity contribution in [3.63, 3.8) is 0 Å². The highest BCUT2D eigenvalue weighted by molar-refractivity contribution is 7.90. The number of rotatable bonds is 32. The Morgan fingerprint density at radius 1 is 0.375 bits per heavy atom. The minimum Gasteiger partial charge on any atom is -0.358 e. The summed E-state index contributed by atoms with van der Waals surface area (Å²) in [5.41, 5.74) is 9.66. The molecule has 516 valence electrons. The molecule has 0 radical (unpaired) electrons. The Bertz CT molecular complexity index is 4570. The molecule has 2 aromatic heterocycles. The molecule has 9 rings (SSSR count). The highest BCUT2D eigenvalue weighted by Crippen LogP contribution is 2.56. The minimum absolute atomic E-state index is 0.133. The van der Waals surface area contributed by atoms with Crippen LogP contribution in [0.2, 0.25) is 0 Å². The predicted octanol–water partition coefficient (Wildman–Crippen LogP) is 11.7. The van der Waals surface area contributed by atoms with Gasteiger partial charge in [0.25, 0.3) is 0 Å². The number of fused-ring (bicyclic) bond motifs is 7. The van der Waals surface area contributed by atoms with Crippen LogP contribution in [0.3, 0.4) is 0 Å². The molecule has 96 heavy (non-hydrogen) atoms. The van der Waals surface area contributed by atoms with E-state index < -0.39 is 69.1 Å². The second-order valence-corrected chi connectivity index (χ2v) is 53.2. The number of benzene rings is 4. The van der Waals surface area contributed by atoms with Gasteiger partial charge in [0.2, 0.25) is 40.1 Å². The van der Waals surface area contributed by atoms with E-state index in [0.717, 1.165) is 90.8 Å². The lowest BCUT2D eigenvalue weighted by atomic mass is 10.00. The number of nitrogens with one attached hydrogen (secondary N) is 7. The first-order valence-electron chi connectivity index (χ1n) is 33.6. The number of aromatic amines is 2. The van der Waals surface area contributed by atoms with Crippen LogP contribution in [-0.2, 0) is 40.1 Å². The third-order valence-corrected chi connectivity index (χ3v) is 44.0. The predicted molar refractivity (Wildman–Crippen MR) is 412 cm³/mol. The molecule has 0 atom stereocenters. The highest BCUT2D eigenvalue weighted by atomic mass is 32.2. The van der Waals surface area contributed by atoms with Gasteiger partial charge in [0.1, 0.15) is 0 Å². The summed E-state index contributed by atoms with van der Waals surface area (Å²) < 4.78 is 123. The van der Waals surface area contributed by atoms with Crippen molar-refractivity contribution in [3.05, 3.63) is 201 Å². The Kier molecular flexibility index (Phi) is 24.5. The third-order valence-electron chi connectivity index (χ3n) is 20.7. The summed E-state index contributed by atoms with van der Waals surface area (Å²) in [7, 11) is -20.5. The molecule has 0 saturated carbocycles. The van der Waals surface area contributed by atoms with Crippen LogP contribution < -0.4 is 34.9 Å². The fourth-order valence-corrected chi connectivity index (χ4v) is 23.8. The molecule has 0 spiro atoms. The van der Waals surface area contributed by atoms with Gasteiger partial charge in [0.15, 0.2) is 0 Å². The number of aromatic nitrogens is 2. The summed E-state index contributed by atoms with van der Waals surface area (Å²) in [5, 5.41) is 5.12. The highest BCUT2D eigenvalue weighted by Gasteiger charge is 2.33. The molecule has 3 aliphatic heterocycles. The lowest BCUT2D eigenvalue weighted by molar-refractivity contribution is 0.582. The molecule has 24 heteroatoms. The second kappa shape index (κ2) is 31.2. The molecule has 0 unspecified atom stereocenters. The molecule has 7 N–H and O–H groups in total. The molecular formula is C72H100N8O8P4S4+4. The van der Waals surface area contributed by atoms with Crippen LogP contribution in [0.1, 0.15) is 95.5 Å². The Balaban J connectivity index is 1.23. The van der Waals surface area contributed by atoms with Gasteiger partial charge in [-0.05, 0) is 163 Å². The van der Waals surface area contributed by atoms with Crippen LogP contribution in [0.5, 0.6) is 0 Å². The molecule has 0 aliphatic carbocycles. The van der Waals surface area contributed by atoms with Gasteiger partial charge in [-0.2, -0.15) is 0 Å². The average molecular weight is 1460 g/mol. The van der Waals surface area contributed by atoms with Crippen molar-refractivity contribution in [1.29, 1.82) is 0 Å². The van der Waals surface area contributed by atoms with Crippen molar-refractivity contribution in [1.82, 2.24) is 34.2 Å². The number of hydrogen-bond donors (Lipinski definition) is 7. The Hall–Kier alpha value is -5.03. The van der Waals surface area contributed by atoms with Gasteiger partial charge in [0, 0.05) is 144 Å². The maximum Gasteiger partial charge on any atom is 0.240 e. The van der Waals surface area contributed by atoms with E-state index in [2.05, 4.69) is 122 Å². The topological polar surface area (TPSA) is 241 Å². The van der Waals surface area contributed by atoms with Crippen molar-refractivity contribution < 1.29 is 33.7 Å². The summed E-state index contributed by atoms with van der Waals surface area (Å²) in [4.78, 5) is 13.5. The van der Waals surface area contributed by atoms with Gasteiger partial charge in [-0.3, -0.25) is 0 Å². The fraction of sp³-hybridized carbons (Fsp3) is 0.403. The molecule has 5 heterocycles. The summed E-state index contributed by atoms with van der Waals surface area (Å²) in [5.74, 6) is 0. The van der Waals surface area contributed by atoms with Crippen molar-refractivity contribution in [2.45, 2.75) is 81.4 Å². The molecule has 16 nitrogen and oxygen atoms in total. The van der Waals surface area contributed by atoms with Crippen LogP contribution in [0, 0.1) is 0 Å². The van der Waals surface area contributed by atoms with Crippen LogP contribution >= 0.6 is 29.0 Å². The first-order valence-corrected chi connectivity index (χ1v) is 50.7. The van der Waals surface area contributed by atoms with Gasteiger partial charge in [-0.15, -0.1) is 0 Å². The molecule has 0 amide bonds. The number of hydrogen-bond acceptors (Lipinski definition) is 10. The third kappa shape index (κ3) is 17.4. The van der Waals surface area contributed by atoms with Gasteiger partial charge < -0.3 is 15.3 Å². The monoisotopic (exact) mass is 1460 g/mol. The molecule has 0 saturated heterocycles. The molecule has 3 aliphatic rings.